The first kappa shape index (κ1) is 29.2. The number of carbonyl (C=O) groups is 1. The van der Waals surface area contributed by atoms with Gasteiger partial charge in [-0.25, -0.2) is 19.3 Å². The highest BCUT2D eigenvalue weighted by Crippen LogP contribution is 2.35. The van der Waals surface area contributed by atoms with E-state index < -0.39 is 11.7 Å². The minimum Gasteiger partial charge on any atom is -0.355 e. The minimum absolute atomic E-state index is 0.111. The highest BCUT2D eigenvalue weighted by Gasteiger charge is 2.40. The summed E-state index contributed by atoms with van der Waals surface area (Å²) in [5.41, 5.74) is 2.64. The van der Waals surface area contributed by atoms with Crippen molar-refractivity contribution in [2.75, 3.05) is 45.7 Å². The average Bonchev–Trinajstić information content (AvgIpc) is 3.45. The Bertz CT molecular complexity index is 1470. The molecule has 220 valence electrons. The zero-order valence-corrected chi connectivity index (χ0v) is 23.9. The topological polar surface area (TPSA) is 130 Å². The Morgan fingerprint density at radius 2 is 1.81 bits per heavy atom. The number of hydrogen-bond acceptors (Lipinski definition) is 9. The Balaban J connectivity index is 1.34. The van der Waals surface area contributed by atoms with Crippen LogP contribution in [0.3, 0.4) is 0 Å². The van der Waals surface area contributed by atoms with E-state index >= 15 is 0 Å². The van der Waals surface area contributed by atoms with Crippen molar-refractivity contribution in [3.05, 3.63) is 78.3 Å². The van der Waals surface area contributed by atoms with Gasteiger partial charge in [0.1, 0.15) is 5.82 Å². The van der Waals surface area contributed by atoms with Gasteiger partial charge < -0.3 is 30.0 Å². The monoisotopic (exact) mass is 574 g/mol. The fourth-order valence-corrected chi connectivity index (χ4v) is 4.48. The first-order valence-corrected chi connectivity index (χ1v) is 13.8. The number of halogens is 1. The van der Waals surface area contributed by atoms with Gasteiger partial charge in [0, 0.05) is 37.2 Å². The predicted molar refractivity (Wildman–Crippen MR) is 156 cm³/mol. The van der Waals surface area contributed by atoms with Crippen LogP contribution in [-0.2, 0) is 20.8 Å². The molecular weight excluding hydrogens is 539 g/mol. The Labute approximate surface area is 243 Å². The van der Waals surface area contributed by atoms with Crippen LogP contribution in [0.5, 0.6) is 0 Å². The number of ether oxygens (including phenoxy) is 2. The fraction of sp³-hybridized carbons (Fsp3) is 0.367. The Kier molecular flexibility index (Phi) is 9.15. The van der Waals surface area contributed by atoms with Crippen molar-refractivity contribution < 1.29 is 18.7 Å². The molecule has 11 nitrogen and oxygen atoms in total. The van der Waals surface area contributed by atoms with Gasteiger partial charge in [-0.2, -0.15) is 0 Å². The number of aromatic amines is 1. The van der Waals surface area contributed by atoms with Crippen LogP contribution in [0.25, 0.3) is 22.6 Å². The third-order valence-electron chi connectivity index (χ3n) is 6.90. The molecular formula is C30H35FN8O3. The molecule has 1 aliphatic rings. The van der Waals surface area contributed by atoms with Crippen molar-refractivity contribution in [2.45, 2.75) is 26.2 Å². The predicted octanol–water partition coefficient (Wildman–Crippen LogP) is 3.80. The number of H-pyrrole nitrogens is 1. The van der Waals surface area contributed by atoms with Crippen LogP contribution in [-0.4, -0.2) is 76.1 Å². The van der Waals surface area contributed by atoms with E-state index in [0.29, 0.717) is 47.5 Å². The largest absolute Gasteiger partial charge is 0.355 e. The summed E-state index contributed by atoms with van der Waals surface area (Å²) >= 11 is 0. The molecule has 12 heteroatoms. The second-order valence-corrected chi connectivity index (χ2v) is 10.8. The van der Waals surface area contributed by atoms with Gasteiger partial charge in [-0.3, -0.25) is 9.78 Å². The van der Waals surface area contributed by atoms with Crippen LogP contribution in [0.1, 0.15) is 31.0 Å². The maximum atomic E-state index is 13.7. The number of imidazole rings is 1. The summed E-state index contributed by atoms with van der Waals surface area (Å²) < 4.78 is 25.8. The number of rotatable bonds is 11. The van der Waals surface area contributed by atoms with Gasteiger partial charge >= 0.3 is 0 Å². The second kappa shape index (κ2) is 13.1. The van der Waals surface area contributed by atoms with E-state index in [1.165, 1.54) is 12.1 Å². The number of nitrogens with one attached hydrogen (secondary N) is 3. The van der Waals surface area contributed by atoms with Crippen LogP contribution in [0.15, 0.2) is 61.1 Å². The lowest BCUT2D eigenvalue weighted by Crippen LogP contribution is -2.49. The zero-order chi connectivity index (χ0) is 29.5. The molecule has 4 aromatic rings. The SMILES string of the molecule is CN(C)CCCNC(=O)C1(C)COC(c2nc(-c3ccc(F)cc3)c(-c3ccnc(NCc4ccncc4)n3)[nH]2)OC1. The van der Waals surface area contributed by atoms with E-state index in [2.05, 4.69) is 30.5 Å². The molecule has 1 saturated heterocycles. The average molecular weight is 575 g/mol. The van der Waals surface area contributed by atoms with E-state index in [1.807, 2.05) is 33.2 Å². The smallest absolute Gasteiger partial charge is 0.230 e. The van der Waals surface area contributed by atoms with Crippen LogP contribution < -0.4 is 10.6 Å². The maximum absolute atomic E-state index is 13.7. The highest BCUT2D eigenvalue weighted by atomic mass is 19.1. The minimum atomic E-state index is -0.828. The van der Waals surface area contributed by atoms with Crippen LogP contribution in [0.4, 0.5) is 10.3 Å². The van der Waals surface area contributed by atoms with E-state index in [0.717, 1.165) is 18.5 Å². The van der Waals surface area contributed by atoms with Gasteiger partial charge in [-0.15, -0.1) is 0 Å². The Morgan fingerprint density at radius 3 is 2.52 bits per heavy atom. The fourth-order valence-electron chi connectivity index (χ4n) is 4.48. The lowest BCUT2D eigenvalue weighted by molar-refractivity contribution is -0.231. The van der Waals surface area contributed by atoms with Gasteiger partial charge in [0.2, 0.25) is 18.1 Å². The Morgan fingerprint density at radius 1 is 1.07 bits per heavy atom. The van der Waals surface area contributed by atoms with Gasteiger partial charge in [0.15, 0.2) is 5.82 Å². The molecule has 1 amide bonds. The van der Waals surface area contributed by atoms with Crippen molar-refractivity contribution in [2.24, 2.45) is 5.41 Å². The molecule has 0 spiro atoms. The van der Waals surface area contributed by atoms with Crippen molar-refractivity contribution >= 4 is 11.9 Å². The number of nitrogens with zero attached hydrogens (tertiary/aromatic N) is 5. The summed E-state index contributed by atoms with van der Waals surface area (Å²) in [5, 5.41) is 6.21. The van der Waals surface area contributed by atoms with Crippen LogP contribution >= 0.6 is 0 Å². The Hall–Kier alpha value is -4.26. The zero-order valence-electron chi connectivity index (χ0n) is 23.9. The molecule has 1 aromatic carbocycles. The number of anilines is 1. The number of benzene rings is 1. The summed E-state index contributed by atoms with van der Waals surface area (Å²) in [6.45, 7) is 4.14. The van der Waals surface area contributed by atoms with Crippen molar-refractivity contribution in [1.82, 2.24) is 35.1 Å². The molecule has 1 aliphatic heterocycles. The molecule has 0 aliphatic carbocycles. The summed E-state index contributed by atoms with van der Waals surface area (Å²) in [7, 11) is 4.00. The quantitative estimate of drug-likeness (QED) is 0.229. The lowest BCUT2D eigenvalue weighted by Gasteiger charge is -2.35. The van der Waals surface area contributed by atoms with Crippen molar-refractivity contribution in [3.63, 3.8) is 0 Å². The summed E-state index contributed by atoms with van der Waals surface area (Å²) in [4.78, 5) is 36.1. The highest BCUT2D eigenvalue weighted by molar-refractivity contribution is 5.82. The molecule has 1 fully saturated rings. The first-order chi connectivity index (χ1) is 20.3. The third kappa shape index (κ3) is 7.14. The number of hydrogen-bond donors (Lipinski definition) is 3. The molecule has 3 aromatic heterocycles. The molecule has 4 heterocycles. The molecule has 0 atom stereocenters. The summed E-state index contributed by atoms with van der Waals surface area (Å²) in [6.07, 6.45) is 5.14. The molecule has 42 heavy (non-hydrogen) atoms. The normalized spacial score (nSPS) is 18.6. The van der Waals surface area contributed by atoms with Crippen molar-refractivity contribution in [3.8, 4) is 22.6 Å². The van der Waals surface area contributed by atoms with Crippen LogP contribution in [0, 0.1) is 11.2 Å². The standard InChI is InChI=1S/C30H35FN8O3/c1-30(28(40)33-12-4-16-39(2)3)18-41-27(42-19-30)26-37-24(21-5-7-22(31)8-6-21)25(38-26)23-11-15-34-29(36-23)35-17-20-9-13-32-14-10-20/h5-11,13-15,27H,4,12,16-19H2,1-3H3,(H,33,40)(H,37,38)(H,34,35,36). The lowest BCUT2D eigenvalue weighted by atomic mass is 9.91. The van der Waals surface area contributed by atoms with Gasteiger partial charge in [0.25, 0.3) is 0 Å². The number of aromatic nitrogens is 5. The first-order valence-electron chi connectivity index (χ1n) is 13.8. The number of amides is 1. The van der Waals surface area contributed by atoms with E-state index in [9.17, 15) is 9.18 Å². The maximum Gasteiger partial charge on any atom is 0.230 e. The third-order valence-corrected chi connectivity index (χ3v) is 6.90. The molecule has 0 radical (unpaired) electrons. The van der Waals surface area contributed by atoms with Crippen molar-refractivity contribution in [1.29, 1.82) is 0 Å². The second-order valence-electron chi connectivity index (χ2n) is 10.8. The molecule has 0 unspecified atom stereocenters. The molecule has 5 rings (SSSR count). The van der Waals surface area contributed by atoms with Gasteiger partial charge in [0.05, 0.1) is 35.7 Å². The van der Waals surface area contributed by atoms with E-state index in [1.54, 1.807) is 36.8 Å². The van der Waals surface area contributed by atoms with E-state index in [-0.39, 0.29) is 24.9 Å². The molecule has 0 bridgehead atoms. The van der Waals surface area contributed by atoms with Gasteiger partial charge in [-0.05, 0) is 82.0 Å². The summed E-state index contributed by atoms with van der Waals surface area (Å²) in [5.74, 6) is 0.393. The van der Waals surface area contributed by atoms with Gasteiger partial charge in [-0.1, -0.05) is 0 Å². The summed E-state index contributed by atoms with van der Waals surface area (Å²) in [6, 6.07) is 11.7. The molecule has 3 N–H and O–H groups in total. The number of carbonyl (C=O) groups excluding carboxylic acids is 1. The molecule has 0 saturated carbocycles. The van der Waals surface area contributed by atoms with E-state index in [4.69, 9.17) is 19.4 Å². The number of pyridine rings is 1. The van der Waals surface area contributed by atoms with Crippen LogP contribution in [0.2, 0.25) is 0 Å².